The van der Waals surface area contributed by atoms with Crippen molar-refractivity contribution in [2.45, 2.75) is 40.2 Å². The second-order valence-corrected chi connectivity index (χ2v) is 7.97. The SMILES string of the molecule is CCCN(Cc1ccc(-c2ccccc2-c2nn[nH]n2)cc1)c1nc(C)nc(CC)c1C(=O)O. The number of nitrogens with one attached hydrogen (secondary N) is 1. The minimum Gasteiger partial charge on any atom is -0.477 e. The summed E-state index contributed by atoms with van der Waals surface area (Å²) in [5.74, 6) is 0.596. The van der Waals surface area contributed by atoms with Gasteiger partial charge in [0.1, 0.15) is 17.2 Å². The van der Waals surface area contributed by atoms with Crippen LogP contribution in [0.1, 0.15) is 47.7 Å². The van der Waals surface area contributed by atoms with Gasteiger partial charge in [-0.05, 0) is 41.7 Å². The van der Waals surface area contributed by atoms with Crippen molar-refractivity contribution in [2.75, 3.05) is 11.4 Å². The van der Waals surface area contributed by atoms with E-state index in [-0.39, 0.29) is 5.56 Å². The lowest BCUT2D eigenvalue weighted by atomic mass is 9.98. The molecule has 0 fully saturated rings. The van der Waals surface area contributed by atoms with Gasteiger partial charge in [-0.3, -0.25) is 0 Å². The van der Waals surface area contributed by atoms with Gasteiger partial charge in [0, 0.05) is 18.7 Å². The van der Waals surface area contributed by atoms with Gasteiger partial charge in [-0.15, -0.1) is 10.2 Å². The second-order valence-electron chi connectivity index (χ2n) is 7.97. The quantitative estimate of drug-likeness (QED) is 0.381. The van der Waals surface area contributed by atoms with E-state index in [2.05, 4.69) is 61.8 Å². The zero-order valence-electron chi connectivity index (χ0n) is 19.5. The van der Waals surface area contributed by atoms with Crippen LogP contribution in [0.5, 0.6) is 0 Å². The lowest BCUT2D eigenvalue weighted by molar-refractivity contribution is 0.0695. The number of aromatic nitrogens is 6. The molecule has 2 N–H and O–H groups in total. The van der Waals surface area contributed by atoms with Gasteiger partial charge in [0.25, 0.3) is 0 Å². The number of carboxylic acids is 1. The summed E-state index contributed by atoms with van der Waals surface area (Å²) in [6.07, 6.45) is 1.40. The molecule has 0 amide bonds. The van der Waals surface area contributed by atoms with Crippen molar-refractivity contribution in [1.82, 2.24) is 30.6 Å². The Labute approximate surface area is 197 Å². The first-order valence-electron chi connectivity index (χ1n) is 11.3. The maximum absolute atomic E-state index is 12.1. The molecule has 0 bridgehead atoms. The summed E-state index contributed by atoms with van der Waals surface area (Å²) in [4.78, 5) is 23.0. The van der Waals surface area contributed by atoms with Crippen LogP contribution in [0.4, 0.5) is 5.82 Å². The number of rotatable bonds is 9. The standard InChI is InChI=1S/C25H27N7O2/c1-4-14-32(24-22(25(33)34)21(5-2)26-16(3)27-24)15-17-10-12-18(13-11-17)19-8-6-7-9-20(19)23-28-30-31-29-23/h6-13H,4-5,14-15H2,1-3H3,(H,33,34)(H,28,29,30,31). The molecule has 0 atom stereocenters. The number of carboxylic acid groups (broad SMARTS) is 1. The highest BCUT2D eigenvalue weighted by Crippen LogP contribution is 2.30. The molecule has 9 nitrogen and oxygen atoms in total. The number of aromatic carboxylic acids is 1. The van der Waals surface area contributed by atoms with Gasteiger partial charge in [0.05, 0.1) is 5.69 Å². The Bertz CT molecular complexity index is 1270. The number of benzene rings is 2. The monoisotopic (exact) mass is 457 g/mol. The minimum atomic E-state index is -0.999. The molecular formula is C25H27N7O2. The van der Waals surface area contributed by atoms with Crippen LogP contribution in [-0.4, -0.2) is 48.2 Å². The molecule has 0 aliphatic carbocycles. The number of aromatic amines is 1. The molecule has 0 radical (unpaired) electrons. The first kappa shape index (κ1) is 23.0. The van der Waals surface area contributed by atoms with E-state index in [1.165, 1.54) is 0 Å². The summed E-state index contributed by atoms with van der Waals surface area (Å²) in [6.45, 7) is 7.00. The Balaban J connectivity index is 1.66. The van der Waals surface area contributed by atoms with Crippen molar-refractivity contribution >= 4 is 11.8 Å². The second kappa shape index (κ2) is 10.2. The Morgan fingerprint density at radius 1 is 1.03 bits per heavy atom. The molecule has 4 rings (SSSR count). The van der Waals surface area contributed by atoms with Gasteiger partial charge >= 0.3 is 5.97 Å². The molecule has 0 saturated carbocycles. The molecule has 0 spiro atoms. The first-order valence-corrected chi connectivity index (χ1v) is 11.3. The lowest BCUT2D eigenvalue weighted by Gasteiger charge is -2.26. The van der Waals surface area contributed by atoms with Crippen molar-refractivity contribution in [3.63, 3.8) is 0 Å². The fraction of sp³-hybridized carbons (Fsp3) is 0.280. The summed E-state index contributed by atoms with van der Waals surface area (Å²) in [5.41, 5.74) is 4.74. The third-order valence-corrected chi connectivity index (χ3v) is 5.57. The fourth-order valence-corrected chi connectivity index (χ4v) is 4.06. The highest BCUT2D eigenvalue weighted by molar-refractivity contribution is 5.94. The number of hydrogen-bond acceptors (Lipinski definition) is 7. The van der Waals surface area contributed by atoms with E-state index in [0.717, 1.165) is 28.7 Å². The van der Waals surface area contributed by atoms with Crippen molar-refractivity contribution < 1.29 is 9.90 Å². The maximum atomic E-state index is 12.1. The number of nitrogens with zero attached hydrogens (tertiary/aromatic N) is 6. The molecule has 0 saturated heterocycles. The predicted octanol–water partition coefficient (Wildman–Crippen LogP) is 4.31. The van der Waals surface area contributed by atoms with Crippen molar-refractivity contribution in [2.24, 2.45) is 0 Å². The van der Waals surface area contributed by atoms with Crippen LogP contribution in [0.25, 0.3) is 22.5 Å². The van der Waals surface area contributed by atoms with Crippen LogP contribution >= 0.6 is 0 Å². The van der Waals surface area contributed by atoms with Gasteiger partial charge in [-0.1, -0.05) is 62.4 Å². The van der Waals surface area contributed by atoms with Crippen LogP contribution in [0.3, 0.4) is 0 Å². The average molecular weight is 458 g/mol. The Kier molecular flexibility index (Phi) is 6.91. The van der Waals surface area contributed by atoms with E-state index >= 15 is 0 Å². The molecule has 4 aromatic rings. The highest BCUT2D eigenvalue weighted by Gasteiger charge is 2.23. The molecule has 34 heavy (non-hydrogen) atoms. The average Bonchev–Trinajstić information content (AvgIpc) is 3.38. The number of anilines is 1. The largest absolute Gasteiger partial charge is 0.477 e. The number of hydrogen-bond donors (Lipinski definition) is 2. The van der Waals surface area contributed by atoms with Crippen LogP contribution in [0, 0.1) is 6.92 Å². The van der Waals surface area contributed by atoms with Gasteiger partial charge in [-0.25, -0.2) is 14.8 Å². The van der Waals surface area contributed by atoms with Crippen molar-refractivity contribution in [3.05, 3.63) is 71.2 Å². The van der Waals surface area contributed by atoms with Gasteiger partial charge in [-0.2, -0.15) is 5.21 Å². The van der Waals surface area contributed by atoms with Gasteiger partial charge < -0.3 is 10.0 Å². The van der Waals surface area contributed by atoms with E-state index in [0.29, 0.717) is 42.7 Å². The van der Waals surface area contributed by atoms with E-state index in [4.69, 9.17) is 0 Å². The summed E-state index contributed by atoms with van der Waals surface area (Å²) in [7, 11) is 0. The smallest absolute Gasteiger partial charge is 0.341 e. The van der Waals surface area contributed by atoms with Gasteiger partial charge in [0.2, 0.25) is 5.82 Å². The molecule has 174 valence electrons. The maximum Gasteiger partial charge on any atom is 0.341 e. The van der Waals surface area contributed by atoms with Crippen molar-refractivity contribution in [3.8, 4) is 22.5 Å². The molecular weight excluding hydrogens is 430 g/mol. The van der Waals surface area contributed by atoms with Crippen LogP contribution < -0.4 is 4.90 Å². The Hall–Kier alpha value is -4.14. The molecule has 0 aliphatic rings. The van der Waals surface area contributed by atoms with Crippen LogP contribution in [0.15, 0.2) is 48.5 Å². The lowest BCUT2D eigenvalue weighted by Crippen LogP contribution is -2.28. The summed E-state index contributed by atoms with van der Waals surface area (Å²) < 4.78 is 0. The highest BCUT2D eigenvalue weighted by atomic mass is 16.4. The van der Waals surface area contributed by atoms with Crippen LogP contribution in [-0.2, 0) is 13.0 Å². The van der Waals surface area contributed by atoms with Crippen molar-refractivity contribution in [1.29, 1.82) is 0 Å². The molecule has 9 heteroatoms. The van der Waals surface area contributed by atoms with E-state index in [9.17, 15) is 9.90 Å². The molecule has 2 heterocycles. The minimum absolute atomic E-state index is 0.187. The third kappa shape index (κ3) is 4.78. The fourth-order valence-electron chi connectivity index (χ4n) is 4.06. The normalized spacial score (nSPS) is 10.9. The number of carbonyl (C=O) groups is 1. The molecule has 0 unspecified atom stereocenters. The van der Waals surface area contributed by atoms with E-state index < -0.39 is 5.97 Å². The van der Waals surface area contributed by atoms with Gasteiger partial charge in [0.15, 0.2) is 0 Å². The zero-order valence-corrected chi connectivity index (χ0v) is 19.5. The topological polar surface area (TPSA) is 121 Å². The number of tetrazole rings is 1. The molecule has 2 aromatic heterocycles. The summed E-state index contributed by atoms with van der Waals surface area (Å²) >= 11 is 0. The molecule has 2 aromatic carbocycles. The Morgan fingerprint density at radius 3 is 2.38 bits per heavy atom. The number of H-pyrrole nitrogens is 1. The van der Waals surface area contributed by atoms with Crippen LogP contribution in [0.2, 0.25) is 0 Å². The Morgan fingerprint density at radius 2 is 1.76 bits per heavy atom. The van der Waals surface area contributed by atoms with E-state index in [1.807, 2.05) is 36.1 Å². The number of aryl methyl sites for hydroxylation is 2. The predicted molar refractivity (Wildman–Crippen MR) is 129 cm³/mol. The third-order valence-electron chi connectivity index (χ3n) is 5.57. The first-order chi connectivity index (χ1) is 16.5. The molecule has 0 aliphatic heterocycles. The van der Waals surface area contributed by atoms with E-state index in [1.54, 1.807) is 6.92 Å². The zero-order chi connectivity index (χ0) is 24.1. The summed E-state index contributed by atoms with van der Waals surface area (Å²) in [6, 6.07) is 16.1. The summed E-state index contributed by atoms with van der Waals surface area (Å²) in [5, 5.41) is 24.3.